The van der Waals surface area contributed by atoms with Gasteiger partial charge >= 0.3 is 0 Å². The fourth-order valence-electron chi connectivity index (χ4n) is 2.42. The van der Waals surface area contributed by atoms with Gasteiger partial charge in [-0.3, -0.25) is 4.79 Å². The molecule has 0 aliphatic carbocycles. The summed E-state index contributed by atoms with van der Waals surface area (Å²) in [6.45, 7) is 1.91. The van der Waals surface area contributed by atoms with E-state index in [4.69, 9.17) is 0 Å². The number of anilines is 2. The van der Waals surface area contributed by atoms with Crippen molar-refractivity contribution in [2.24, 2.45) is 0 Å². The van der Waals surface area contributed by atoms with E-state index in [2.05, 4.69) is 25.6 Å². The monoisotopic (exact) mass is 400 g/mol. The second kappa shape index (κ2) is 8.63. The van der Waals surface area contributed by atoms with E-state index in [-0.39, 0.29) is 17.3 Å². The number of hydrogen-bond acceptors (Lipinski definition) is 6. The van der Waals surface area contributed by atoms with Crippen molar-refractivity contribution in [3.8, 4) is 5.82 Å². The summed E-state index contributed by atoms with van der Waals surface area (Å²) in [5.41, 5.74) is 0.537. The van der Waals surface area contributed by atoms with Crippen molar-refractivity contribution < 1.29 is 13.2 Å². The van der Waals surface area contributed by atoms with Crippen LogP contribution in [0.4, 0.5) is 11.5 Å². The van der Waals surface area contributed by atoms with Crippen molar-refractivity contribution in [3.05, 3.63) is 60.9 Å². The Balaban J connectivity index is 1.49. The second-order valence-corrected chi connectivity index (χ2v) is 7.66. The van der Waals surface area contributed by atoms with E-state index in [9.17, 15) is 13.2 Å². The molecule has 0 aliphatic heterocycles. The lowest BCUT2D eigenvalue weighted by molar-refractivity contribution is -0.114. The molecular formula is C18H20N6O3S. The van der Waals surface area contributed by atoms with Gasteiger partial charge in [-0.2, -0.15) is 0 Å². The summed E-state index contributed by atoms with van der Waals surface area (Å²) in [6, 6.07) is 13.3. The summed E-state index contributed by atoms with van der Waals surface area (Å²) >= 11 is 0. The third kappa shape index (κ3) is 5.15. The van der Waals surface area contributed by atoms with Crippen LogP contribution in [0.2, 0.25) is 0 Å². The Hall–Kier alpha value is -3.24. The second-order valence-electron chi connectivity index (χ2n) is 5.90. The number of aromatic nitrogens is 3. The van der Waals surface area contributed by atoms with Gasteiger partial charge in [0.1, 0.15) is 5.82 Å². The van der Waals surface area contributed by atoms with Crippen LogP contribution in [0, 0.1) is 0 Å². The van der Waals surface area contributed by atoms with Crippen LogP contribution in [0.5, 0.6) is 0 Å². The Morgan fingerprint density at radius 2 is 1.71 bits per heavy atom. The zero-order valence-corrected chi connectivity index (χ0v) is 16.0. The number of nitrogens with zero attached hydrogens (tertiary/aromatic N) is 3. The van der Waals surface area contributed by atoms with Gasteiger partial charge in [-0.25, -0.2) is 13.1 Å². The molecular weight excluding hydrogens is 380 g/mol. The van der Waals surface area contributed by atoms with Crippen LogP contribution in [0.1, 0.15) is 6.92 Å². The number of nitrogens with one attached hydrogen (secondary N) is 3. The minimum Gasteiger partial charge on any atom is -0.367 e. The summed E-state index contributed by atoms with van der Waals surface area (Å²) in [5, 5.41) is 13.8. The number of carbonyl (C=O) groups is 1. The fraction of sp³-hybridized carbons (Fsp3) is 0.167. The van der Waals surface area contributed by atoms with E-state index in [0.29, 0.717) is 23.9 Å². The van der Waals surface area contributed by atoms with Gasteiger partial charge in [-0.05, 0) is 48.5 Å². The first kappa shape index (κ1) is 19.5. The van der Waals surface area contributed by atoms with E-state index < -0.39 is 10.0 Å². The summed E-state index contributed by atoms with van der Waals surface area (Å²) in [7, 11) is -3.64. The molecule has 0 atom stereocenters. The van der Waals surface area contributed by atoms with E-state index in [0.717, 1.165) is 0 Å². The maximum Gasteiger partial charge on any atom is 0.240 e. The Kier molecular flexibility index (Phi) is 6.02. The Labute approximate surface area is 162 Å². The summed E-state index contributed by atoms with van der Waals surface area (Å²) < 4.78 is 28.9. The van der Waals surface area contributed by atoms with Crippen molar-refractivity contribution in [1.29, 1.82) is 0 Å². The highest BCUT2D eigenvalue weighted by Crippen LogP contribution is 2.14. The third-order valence-corrected chi connectivity index (χ3v) is 5.20. The molecule has 0 spiro atoms. The SMILES string of the molecule is CC(=O)Nc1ccc(S(=O)(=O)NCCNc2ccc(-n3cccc3)nn2)cc1. The number of benzene rings is 1. The lowest BCUT2D eigenvalue weighted by Crippen LogP contribution is -2.29. The summed E-state index contributed by atoms with van der Waals surface area (Å²) in [5.74, 6) is 1.03. The standard InChI is InChI=1S/C18H20N6O3S/c1-14(25)21-15-4-6-16(7-5-15)28(26,27)20-11-10-19-17-8-9-18(23-22-17)24-12-2-3-13-24/h2-9,12-13,20H,10-11H2,1H3,(H,19,22)(H,21,25). The molecule has 2 aromatic heterocycles. The number of sulfonamides is 1. The molecule has 146 valence electrons. The quantitative estimate of drug-likeness (QED) is 0.495. The molecule has 0 radical (unpaired) electrons. The molecule has 0 saturated carbocycles. The van der Waals surface area contributed by atoms with Gasteiger partial charge in [0.2, 0.25) is 15.9 Å². The predicted octanol–water partition coefficient (Wildman–Crippen LogP) is 1.62. The molecule has 0 fully saturated rings. The minimum atomic E-state index is -3.64. The highest BCUT2D eigenvalue weighted by Gasteiger charge is 2.13. The first-order chi connectivity index (χ1) is 13.4. The summed E-state index contributed by atoms with van der Waals surface area (Å²) in [6.07, 6.45) is 3.74. The highest BCUT2D eigenvalue weighted by molar-refractivity contribution is 7.89. The van der Waals surface area contributed by atoms with Gasteiger partial charge in [0.15, 0.2) is 5.82 Å². The largest absolute Gasteiger partial charge is 0.367 e. The summed E-state index contributed by atoms with van der Waals surface area (Å²) in [4.78, 5) is 11.1. The molecule has 3 N–H and O–H groups in total. The van der Waals surface area contributed by atoms with Gasteiger partial charge in [0.25, 0.3) is 0 Å². The lowest BCUT2D eigenvalue weighted by atomic mass is 10.3. The number of rotatable bonds is 8. The Bertz CT molecular complexity index is 1020. The predicted molar refractivity (Wildman–Crippen MR) is 106 cm³/mol. The number of hydrogen-bond donors (Lipinski definition) is 3. The molecule has 0 aliphatic rings. The van der Waals surface area contributed by atoms with Crippen LogP contribution in [0.15, 0.2) is 65.8 Å². The van der Waals surface area contributed by atoms with E-state index in [1.54, 1.807) is 6.07 Å². The van der Waals surface area contributed by atoms with Crippen molar-refractivity contribution in [2.75, 3.05) is 23.7 Å². The van der Waals surface area contributed by atoms with Crippen molar-refractivity contribution in [1.82, 2.24) is 19.5 Å². The van der Waals surface area contributed by atoms with Crippen molar-refractivity contribution in [2.45, 2.75) is 11.8 Å². The number of amides is 1. The zero-order valence-electron chi connectivity index (χ0n) is 15.2. The third-order valence-electron chi connectivity index (χ3n) is 3.73. The lowest BCUT2D eigenvalue weighted by Gasteiger charge is -2.09. The normalized spacial score (nSPS) is 11.2. The number of carbonyl (C=O) groups excluding carboxylic acids is 1. The van der Waals surface area contributed by atoms with Crippen LogP contribution < -0.4 is 15.4 Å². The van der Waals surface area contributed by atoms with E-state index in [1.165, 1.54) is 31.2 Å². The highest BCUT2D eigenvalue weighted by atomic mass is 32.2. The maximum absolute atomic E-state index is 12.3. The van der Waals surface area contributed by atoms with E-state index >= 15 is 0 Å². The molecule has 28 heavy (non-hydrogen) atoms. The van der Waals surface area contributed by atoms with Gasteiger partial charge in [0, 0.05) is 38.1 Å². The Morgan fingerprint density at radius 1 is 1.00 bits per heavy atom. The Morgan fingerprint density at radius 3 is 2.32 bits per heavy atom. The van der Waals surface area contributed by atoms with Crippen LogP contribution in [-0.4, -0.2) is 42.2 Å². The average Bonchev–Trinajstić information content (AvgIpc) is 3.20. The van der Waals surface area contributed by atoms with Crippen LogP contribution in [0.3, 0.4) is 0 Å². The average molecular weight is 400 g/mol. The van der Waals surface area contributed by atoms with Crippen molar-refractivity contribution in [3.63, 3.8) is 0 Å². The molecule has 0 saturated heterocycles. The van der Waals surface area contributed by atoms with Crippen LogP contribution >= 0.6 is 0 Å². The van der Waals surface area contributed by atoms with Crippen molar-refractivity contribution >= 4 is 27.4 Å². The molecule has 3 aromatic rings. The van der Waals surface area contributed by atoms with Gasteiger partial charge in [-0.15, -0.1) is 10.2 Å². The molecule has 0 unspecified atom stereocenters. The minimum absolute atomic E-state index is 0.123. The van der Waals surface area contributed by atoms with E-state index in [1.807, 2.05) is 35.2 Å². The smallest absolute Gasteiger partial charge is 0.240 e. The van der Waals surface area contributed by atoms with Crippen LogP contribution in [0.25, 0.3) is 5.82 Å². The maximum atomic E-state index is 12.3. The van der Waals surface area contributed by atoms with Gasteiger partial charge in [-0.1, -0.05) is 0 Å². The van der Waals surface area contributed by atoms with Gasteiger partial charge < -0.3 is 15.2 Å². The molecule has 1 amide bonds. The first-order valence-electron chi connectivity index (χ1n) is 8.52. The van der Waals surface area contributed by atoms with Gasteiger partial charge in [0.05, 0.1) is 4.90 Å². The molecule has 10 heteroatoms. The fourth-order valence-corrected chi connectivity index (χ4v) is 3.46. The van der Waals surface area contributed by atoms with Crippen LogP contribution in [-0.2, 0) is 14.8 Å². The molecule has 0 bridgehead atoms. The molecule has 1 aromatic carbocycles. The first-order valence-corrected chi connectivity index (χ1v) is 10.0. The molecule has 3 rings (SSSR count). The topological polar surface area (TPSA) is 118 Å². The molecule has 9 nitrogen and oxygen atoms in total. The zero-order chi connectivity index (χ0) is 20.0. The molecule has 2 heterocycles.